The fourth-order valence-corrected chi connectivity index (χ4v) is 3.77. The minimum Gasteiger partial charge on any atom is -0.376 e. The number of piperidine rings is 1. The van der Waals surface area contributed by atoms with Crippen LogP contribution in [0.25, 0.3) is 0 Å². The molecule has 0 bridgehead atoms. The molecule has 1 atom stereocenters. The molecular formula is C22H31FN4O2. The Morgan fingerprint density at radius 2 is 2.17 bits per heavy atom. The van der Waals surface area contributed by atoms with Crippen LogP contribution in [0.2, 0.25) is 0 Å². The van der Waals surface area contributed by atoms with Crippen LogP contribution in [0.5, 0.6) is 0 Å². The fraction of sp³-hybridized carbons (Fsp3) is 0.636. The van der Waals surface area contributed by atoms with Crippen LogP contribution in [0.4, 0.5) is 4.39 Å². The second-order valence-corrected chi connectivity index (χ2v) is 7.60. The Morgan fingerprint density at radius 1 is 1.34 bits per heavy atom. The number of guanidine groups is 1. The molecule has 0 spiro atoms. The summed E-state index contributed by atoms with van der Waals surface area (Å²) in [6, 6.07) is 6.42. The topological polar surface area (TPSA) is 69.9 Å². The molecule has 2 aliphatic rings. The van der Waals surface area contributed by atoms with Gasteiger partial charge in [-0.15, -0.1) is 0 Å². The second kappa shape index (κ2) is 11.1. The van der Waals surface area contributed by atoms with Crippen LogP contribution >= 0.6 is 0 Å². The van der Waals surface area contributed by atoms with E-state index in [2.05, 4.69) is 15.2 Å². The number of nitriles is 1. The summed E-state index contributed by atoms with van der Waals surface area (Å²) in [5, 5.41) is 12.3. The molecular weight excluding hydrogens is 371 g/mol. The van der Waals surface area contributed by atoms with Crippen molar-refractivity contribution < 1.29 is 13.9 Å². The van der Waals surface area contributed by atoms with E-state index in [1.54, 1.807) is 6.07 Å². The van der Waals surface area contributed by atoms with E-state index in [4.69, 9.17) is 14.7 Å². The van der Waals surface area contributed by atoms with Crippen molar-refractivity contribution in [1.29, 1.82) is 5.26 Å². The number of hydrogen-bond acceptors (Lipinski definition) is 4. The minimum atomic E-state index is -0.333. The molecule has 2 aliphatic heterocycles. The summed E-state index contributed by atoms with van der Waals surface area (Å²) in [6.07, 6.45) is 5.87. The zero-order chi connectivity index (χ0) is 20.5. The molecule has 2 heterocycles. The quantitative estimate of drug-likeness (QED) is 0.584. The molecule has 2 saturated heterocycles. The van der Waals surface area contributed by atoms with Crippen molar-refractivity contribution >= 4 is 5.96 Å². The standard InChI is InChI=1S/C22H31FN4O2/c1-2-25-22(26-15-18-13-17(14-24)6-7-21(18)23)27-10-8-19(9-11-27)29-16-20-5-3-4-12-28-20/h6-7,13,19-20H,2-5,8-12,15-16H2,1H3,(H,25,26). The molecule has 1 N–H and O–H groups in total. The van der Waals surface area contributed by atoms with Crippen molar-refractivity contribution in [3.8, 4) is 6.07 Å². The number of halogens is 1. The highest BCUT2D eigenvalue weighted by molar-refractivity contribution is 5.80. The number of benzene rings is 1. The van der Waals surface area contributed by atoms with Gasteiger partial charge in [-0.05, 0) is 57.2 Å². The molecule has 0 aliphatic carbocycles. The zero-order valence-electron chi connectivity index (χ0n) is 17.2. The number of likely N-dealkylation sites (tertiary alicyclic amines) is 1. The highest BCUT2D eigenvalue weighted by Gasteiger charge is 2.23. The average Bonchev–Trinajstić information content (AvgIpc) is 2.77. The van der Waals surface area contributed by atoms with Crippen LogP contribution in [0.1, 0.15) is 50.2 Å². The van der Waals surface area contributed by atoms with Crippen LogP contribution in [-0.2, 0) is 16.0 Å². The maximum Gasteiger partial charge on any atom is 0.194 e. The zero-order valence-corrected chi connectivity index (χ0v) is 17.2. The lowest BCUT2D eigenvalue weighted by Gasteiger charge is -2.35. The molecule has 0 aromatic heterocycles. The Labute approximate surface area is 172 Å². The van der Waals surface area contributed by atoms with Gasteiger partial charge in [-0.2, -0.15) is 5.26 Å². The molecule has 1 aromatic carbocycles. The van der Waals surface area contributed by atoms with Gasteiger partial charge in [-0.1, -0.05) is 0 Å². The van der Waals surface area contributed by atoms with E-state index < -0.39 is 0 Å². The van der Waals surface area contributed by atoms with Crippen molar-refractivity contribution in [3.05, 3.63) is 35.1 Å². The maximum atomic E-state index is 14.0. The average molecular weight is 403 g/mol. The predicted molar refractivity (Wildman–Crippen MR) is 110 cm³/mol. The Bertz CT molecular complexity index is 720. The minimum absolute atomic E-state index is 0.207. The first-order chi connectivity index (χ1) is 14.2. The van der Waals surface area contributed by atoms with Crippen LogP contribution < -0.4 is 5.32 Å². The lowest BCUT2D eigenvalue weighted by molar-refractivity contribution is -0.0721. The van der Waals surface area contributed by atoms with Gasteiger partial charge < -0.3 is 19.7 Å². The van der Waals surface area contributed by atoms with Crippen molar-refractivity contribution in [3.63, 3.8) is 0 Å². The lowest BCUT2D eigenvalue weighted by Crippen LogP contribution is -2.47. The van der Waals surface area contributed by atoms with Crippen LogP contribution in [-0.4, -0.2) is 55.9 Å². The van der Waals surface area contributed by atoms with Gasteiger partial charge in [0.25, 0.3) is 0 Å². The van der Waals surface area contributed by atoms with Crippen LogP contribution in [0, 0.1) is 17.1 Å². The van der Waals surface area contributed by atoms with Gasteiger partial charge in [0, 0.05) is 31.8 Å². The number of aliphatic imine (C=N–C) groups is 1. The first-order valence-corrected chi connectivity index (χ1v) is 10.6. The van der Waals surface area contributed by atoms with Crippen LogP contribution in [0.3, 0.4) is 0 Å². The molecule has 6 nitrogen and oxygen atoms in total. The van der Waals surface area contributed by atoms with Gasteiger partial charge in [0.1, 0.15) is 5.82 Å². The largest absolute Gasteiger partial charge is 0.376 e. The molecule has 7 heteroatoms. The number of ether oxygens (including phenoxy) is 2. The van der Waals surface area contributed by atoms with E-state index in [1.807, 2.05) is 13.0 Å². The van der Waals surface area contributed by atoms with Crippen LogP contribution in [0.15, 0.2) is 23.2 Å². The molecule has 3 rings (SSSR count). The Kier molecular flexibility index (Phi) is 8.26. The van der Waals surface area contributed by atoms with E-state index >= 15 is 0 Å². The summed E-state index contributed by atoms with van der Waals surface area (Å²) in [5.41, 5.74) is 0.881. The third-order valence-electron chi connectivity index (χ3n) is 5.44. The summed E-state index contributed by atoms with van der Waals surface area (Å²) in [6.45, 7) is 6.21. The van der Waals surface area contributed by atoms with Gasteiger partial charge in [0.2, 0.25) is 0 Å². The third kappa shape index (κ3) is 6.41. The summed E-state index contributed by atoms with van der Waals surface area (Å²) in [5.74, 6) is 0.448. The number of nitrogens with one attached hydrogen (secondary N) is 1. The van der Waals surface area contributed by atoms with E-state index in [0.717, 1.165) is 57.9 Å². The maximum absolute atomic E-state index is 14.0. The normalized spacial score (nSPS) is 21.1. The van der Waals surface area contributed by atoms with E-state index in [9.17, 15) is 4.39 Å². The van der Waals surface area contributed by atoms with Crippen molar-refractivity contribution in [2.45, 2.75) is 57.8 Å². The molecule has 0 radical (unpaired) electrons. The highest BCUT2D eigenvalue weighted by Crippen LogP contribution is 2.18. The SMILES string of the molecule is CCNC(=NCc1cc(C#N)ccc1F)N1CCC(OCC2CCCCO2)CC1. The number of rotatable bonds is 6. The molecule has 2 fully saturated rings. The smallest absolute Gasteiger partial charge is 0.194 e. The lowest BCUT2D eigenvalue weighted by atomic mass is 10.1. The van der Waals surface area contributed by atoms with Gasteiger partial charge >= 0.3 is 0 Å². The first kappa shape index (κ1) is 21.5. The van der Waals surface area contributed by atoms with Gasteiger partial charge in [-0.3, -0.25) is 0 Å². The molecule has 158 valence electrons. The molecule has 29 heavy (non-hydrogen) atoms. The Morgan fingerprint density at radius 3 is 2.86 bits per heavy atom. The van der Waals surface area contributed by atoms with Gasteiger partial charge in [0.05, 0.1) is 37.0 Å². The van der Waals surface area contributed by atoms with E-state index in [1.165, 1.54) is 18.6 Å². The molecule has 0 amide bonds. The Balaban J connectivity index is 1.52. The van der Waals surface area contributed by atoms with E-state index in [0.29, 0.717) is 17.7 Å². The second-order valence-electron chi connectivity index (χ2n) is 7.60. The highest BCUT2D eigenvalue weighted by atomic mass is 19.1. The molecule has 1 aromatic rings. The molecule has 0 saturated carbocycles. The van der Waals surface area contributed by atoms with Gasteiger partial charge in [-0.25, -0.2) is 9.38 Å². The first-order valence-electron chi connectivity index (χ1n) is 10.6. The Hall–Kier alpha value is -2.17. The van der Waals surface area contributed by atoms with Crippen molar-refractivity contribution in [1.82, 2.24) is 10.2 Å². The molecule has 1 unspecified atom stereocenters. The predicted octanol–water partition coefficient (Wildman–Crippen LogP) is 3.21. The number of hydrogen-bond donors (Lipinski definition) is 1. The number of nitrogens with zero attached hydrogens (tertiary/aromatic N) is 3. The van der Waals surface area contributed by atoms with Crippen molar-refractivity contribution in [2.75, 3.05) is 32.8 Å². The summed E-state index contributed by atoms with van der Waals surface area (Å²) in [7, 11) is 0. The monoisotopic (exact) mass is 402 g/mol. The van der Waals surface area contributed by atoms with Gasteiger partial charge in [0.15, 0.2) is 5.96 Å². The summed E-state index contributed by atoms with van der Waals surface area (Å²) >= 11 is 0. The third-order valence-corrected chi connectivity index (χ3v) is 5.44. The van der Waals surface area contributed by atoms with E-state index in [-0.39, 0.29) is 24.6 Å². The van der Waals surface area contributed by atoms with Crippen molar-refractivity contribution in [2.24, 2.45) is 4.99 Å². The fourth-order valence-electron chi connectivity index (χ4n) is 3.77. The summed E-state index contributed by atoms with van der Waals surface area (Å²) in [4.78, 5) is 6.81. The summed E-state index contributed by atoms with van der Waals surface area (Å²) < 4.78 is 25.9.